The predicted octanol–water partition coefficient (Wildman–Crippen LogP) is 2.92. The zero-order chi connectivity index (χ0) is 12.5. The molecule has 1 aliphatic heterocycles. The molecule has 6 nitrogen and oxygen atoms in total. The maximum Gasteiger partial charge on any atom is 0.275 e. The Labute approximate surface area is 103 Å². The van der Waals surface area contributed by atoms with Crippen LogP contribution in [0.3, 0.4) is 0 Å². The summed E-state index contributed by atoms with van der Waals surface area (Å²) in [5, 5.41) is 3.51. The molecule has 17 heavy (non-hydrogen) atoms. The molecule has 0 aliphatic carbocycles. The van der Waals surface area contributed by atoms with Gasteiger partial charge in [0.25, 0.3) is 5.95 Å². The van der Waals surface area contributed by atoms with Crippen molar-refractivity contribution in [2.24, 2.45) is 5.11 Å². The van der Waals surface area contributed by atoms with Crippen molar-refractivity contribution in [1.82, 2.24) is 0 Å². The molecule has 0 aromatic rings. The van der Waals surface area contributed by atoms with Crippen molar-refractivity contribution in [3.8, 4) is 0 Å². The summed E-state index contributed by atoms with van der Waals surface area (Å²) in [5.41, 5.74) is 8.27. The number of hydrogen-bond donors (Lipinski definition) is 0. The van der Waals surface area contributed by atoms with Crippen molar-refractivity contribution in [1.29, 1.82) is 0 Å². The van der Waals surface area contributed by atoms with Crippen LogP contribution in [0.2, 0.25) is 0 Å². The molecule has 0 radical (unpaired) electrons. The van der Waals surface area contributed by atoms with Crippen molar-refractivity contribution in [3.05, 3.63) is 22.5 Å². The summed E-state index contributed by atoms with van der Waals surface area (Å²) in [5.74, 6) is 0.517. The van der Waals surface area contributed by atoms with Gasteiger partial charge in [-0.3, -0.25) is 0 Å². The van der Waals surface area contributed by atoms with Gasteiger partial charge in [0.05, 0.1) is 13.2 Å². The SMILES string of the molecule is CCC(CN=[N+]=[N-])OC1=CCCC(COP)O1. The molecule has 0 spiro atoms. The molecule has 0 bridgehead atoms. The fourth-order valence-corrected chi connectivity index (χ4v) is 1.72. The lowest BCUT2D eigenvalue weighted by Gasteiger charge is -2.26. The molecule has 0 aromatic carbocycles. The minimum atomic E-state index is -0.132. The second-order valence-corrected chi connectivity index (χ2v) is 4.07. The van der Waals surface area contributed by atoms with Crippen LogP contribution in [0.5, 0.6) is 0 Å². The molecule has 3 atom stereocenters. The van der Waals surface area contributed by atoms with Crippen molar-refractivity contribution < 1.29 is 14.0 Å². The van der Waals surface area contributed by atoms with E-state index in [2.05, 4.69) is 19.5 Å². The van der Waals surface area contributed by atoms with Crippen molar-refractivity contribution in [2.45, 2.75) is 38.4 Å². The molecule has 3 unspecified atom stereocenters. The van der Waals surface area contributed by atoms with Crippen LogP contribution in [-0.2, 0) is 14.0 Å². The Morgan fingerprint density at radius 1 is 1.76 bits per heavy atom. The average molecular weight is 259 g/mol. The highest BCUT2D eigenvalue weighted by atomic mass is 31.0. The lowest BCUT2D eigenvalue weighted by molar-refractivity contribution is -0.0591. The van der Waals surface area contributed by atoms with Crippen molar-refractivity contribution in [2.75, 3.05) is 13.2 Å². The second-order valence-electron chi connectivity index (χ2n) is 3.74. The van der Waals surface area contributed by atoms with Crippen LogP contribution in [0.4, 0.5) is 0 Å². The smallest absolute Gasteiger partial charge is 0.275 e. The molecule has 96 valence electrons. The van der Waals surface area contributed by atoms with Gasteiger partial charge in [0, 0.05) is 14.4 Å². The highest BCUT2D eigenvalue weighted by molar-refractivity contribution is 7.09. The van der Waals surface area contributed by atoms with E-state index in [0.717, 1.165) is 19.3 Å². The fourth-order valence-electron chi connectivity index (χ4n) is 1.50. The molecule has 0 N–H and O–H groups in total. The standard InChI is InChI=1S/C10H18N3O3P/c1-2-8(6-12-13-11)15-10-5-3-4-9(16-10)7-14-17/h5,8-9H,2-4,6-7,17H2,1H3. The third-order valence-corrected chi connectivity index (χ3v) is 2.64. The Bertz CT molecular complexity index is 305. The van der Waals surface area contributed by atoms with Crippen LogP contribution in [0, 0.1) is 0 Å². The largest absolute Gasteiger partial charge is 0.462 e. The van der Waals surface area contributed by atoms with Gasteiger partial charge in [-0.05, 0) is 30.9 Å². The fraction of sp³-hybridized carbons (Fsp3) is 0.800. The molecule has 1 heterocycles. The first kappa shape index (κ1) is 14.1. The maximum atomic E-state index is 8.27. The molecule has 1 aliphatic rings. The molecule has 0 saturated carbocycles. The Morgan fingerprint density at radius 3 is 3.24 bits per heavy atom. The van der Waals surface area contributed by atoms with Gasteiger partial charge in [0.15, 0.2) is 0 Å². The molecular formula is C10H18N3O3P. The average Bonchev–Trinajstić information content (AvgIpc) is 2.35. The van der Waals surface area contributed by atoms with E-state index in [1.807, 2.05) is 13.0 Å². The molecule has 0 saturated heterocycles. The molecule has 0 amide bonds. The van der Waals surface area contributed by atoms with Gasteiger partial charge in [-0.1, -0.05) is 12.0 Å². The quantitative estimate of drug-likeness (QED) is 0.305. The van der Waals surface area contributed by atoms with Gasteiger partial charge in [-0.2, -0.15) is 0 Å². The molecule has 1 rings (SSSR count). The minimum Gasteiger partial charge on any atom is -0.462 e. The Morgan fingerprint density at radius 2 is 2.59 bits per heavy atom. The number of allylic oxidation sites excluding steroid dienone is 1. The Balaban J connectivity index is 2.43. The number of nitrogens with zero attached hydrogens (tertiary/aromatic N) is 3. The summed E-state index contributed by atoms with van der Waals surface area (Å²) in [4.78, 5) is 2.72. The number of azide groups is 1. The van der Waals surface area contributed by atoms with Gasteiger partial charge < -0.3 is 14.0 Å². The van der Waals surface area contributed by atoms with Crippen molar-refractivity contribution in [3.63, 3.8) is 0 Å². The van der Waals surface area contributed by atoms with Crippen LogP contribution in [0.15, 0.2) is 17.1 Å². The molecular weight excluding hydrogens is 241 g/mol. The minimum absolute atomic E-state index is 0.0319. The van der Waals surface area contributed by atoms with Crippen LogP contribution < -0.4 is 0 Å². The summed E-state index contributed by atoms with van der Waals surface area (Å²) in [7, 11) is 2.21. The zero-order valence-electron chi connectivity index (χ0n) is 9.91. The summed E-state index contributed by atoms with van der Waals surface area (Å²) in [6.07, 6.45) is 4.42. The summed E-state index contributed by atoms with van der Waals surface area (Å²) >= 11 is 0. The lowest BCUT2D eigenvalue weighted by Crippen LogP contribution is -2.25. The van der Waals surface area contributed by atoms with Gasteiger partial charge in [-0.25, -0.2) is 0 Å². The molecule has 0 aromatic heterocycles. The van der Waals surface area contributed by atoms with E-state index in [4.69, 9.17) is 19.5 Å². The third-order valence-electron chi connectivity index (χ3n) is 2.45. The van der Waals surface area contributed by atoms with Crippen LogP contribution >= 0.6 is 9.47 Å². The predicted molar refractivity (Wildman–Crippen MR) is 67.0 cm³/mol. The number of hydrogen-bond acceptors (Lipinski definition) is 4. The van der Waals surface area contributed by atoms with Gasteiger partial charge in [0.1, 0.15) is 12.2 Å². The van der Waals surface area contributed by atoms with Gasteiger partial charge in [-0.15, -0.1) is 0 Å². The van der Waals surface area contributed by atoms with Crippen molar-refractivity contribution >= 4 is 9.47 Å². The van der Waals surface area contributed by atoms with Crippen LogP contribution in [0.25, 0.3) is 10.4 Å². The monoisotopic (exact) mass is 259 g/mol. The Hall–Kier alpha value is -0.960. The summed E-state index contributed by atoms with van der Waals surface area (Å²) < 4.78 is 16.2. The van der Waals surface area contributed by atoms with E-state index in [-0.39, 0.29) is 12.2 Å². The van der Waals surface area contributed by atoms with Gasteiger partial charge >= 0.3 is 0 Å². The van der Waals surface area contributed by atoms with E-state index in [9.17, 15) is 0 Å². The van der Waals surface area contributed by atoms with Crippen LogP contribution in [0.1, 0.15) is 26.2 Å². The van der Waals surface area contributed by atoms with Crippen LogP contribution in [-0.4, -0.2) is 25.4 Å². The topological polar surface area (TPSA) is 76.5 Å². The number of ether oxygens (including phenoxy) is 2. The zero-order valence-corrected chi connectivity index (χ0v) is 11.1. The highest BCUT2D eigenvalue weighted by Crippen LogP contribution is 2.20. The molecule has 7 heteroatoms. The third kappa shape index (κ3) is 5.26. The number of rotatable bonds is 7. The van der Waals surface area contributed by atoms with E-state index >= 15 is 0 Å². The summed E-state index contributed by atoms with van der Waals surface area (Å²) in [6, 6.07) is 0. The van der Waals surface area contributed by atoms with E-state index in [0.29, 0.717) is 19.1 Å². The Kier molecular flexibility index (Phi) is 6.78. The maximum absolute atomic E-state index is 8.27. The normalized spacial score (nSPS) is 20.8. The first-order valence-corrected chi connectivity index (χ1v) is 6.13. The second kappa shape index (κ2) is 8.18. The van der Waals surface area contributed by atoms with E-state index in [1.54, 1.807) is 0 Å². The first-order chi connectivity index (χ1) is 8.30. The van der Waals surface area contributed by atoms with E-state index < -0.39 is 0 Å². The van der Waals surface area contributed by atoms with Gasteiger partial charge in [0.2, 0.25) is 0 Å². The lowest BCUT2D eigenvalue weighted by atomic mass is 10.2. The highest BCUT2D eigenvalue weighted by Gasteiger charge is 2.19. The summed E-state index contributed by atoms with van der Waals surface area (Å²) in [6.45, 7) is 2.82. The molecule has 0 fully saturated rings. The first-order valence-electron chi connectivity index (χ1n) is 5.66. The van der Waals surface area contributed by atoms with E-state index in [1.165, 1.54) is 0 Å².